The van der Waals surface area contributed by atoms with Crippen LogP contribution >= 0.6 is 0 Å². The molecular weight excluding hydrogens is 450 g/mol. The van der Waals surface area contributed by atoms with Crippen LogP contribution in [-0.2, 0) is 27.4 Å². The zero-order chi connectivity index (χ0) is 24.6. The van der Waals surface area contributed by atoms with Gasteiger partial charge in [0, 0.05) is 32.7 Å². The molecule has 2 heterocycles. The van der Waals surface area contributed by atoms with Crippen LogP contribution in [0.1, 0.15) is 21.5 Å². The van der Waals surface area contributed by atoms with Gasteiger partial charge in [0.25, 0.3) is 5.91 Å². The Kier molecular flexibility index (Phi) is 7.78. The summed E-state index contributed by atoms with van der Waals surface area (Å²) in [6, 6.07) is 14.9. The molecule has 0 bridgehead atoms. The molecule has 1 fully saturated rings. The van der Waals surface area contributed by atoms with E-state index < -0.39 is 11.9 Å². The molecule has 1 aliphatic heterocycles. The second-order valence-electron chi connectivity index (χ2n) is 8.32. The smallest absolute Gasteiger partial charge is 0.340 e. The number of amides is 2. The Labute approximate surface area is 202 Å². The first kappa shape index (κ1) is 24.0. The topological polar surface area (TPSA) is 123 Å². The highest BCUT2D eigenvalue weighted by Crippen LogP contribution is 2.17. The van der Waals surface area contributed by atoms with Gasteiger partial charge in [-0.3, -0.25) is 14.5 Å². The number of aryl methyl sites for hydroxylation is 1. The van der Waals surface area contributed by atoms with Crippen molar-refractivity contribution in [1.82, 2.24) is 30.0 Å². The molecule has 11 nitrogen and oxygen atoms in total. The number of hydrogen-bond donors (Lipinski definition) is 1. The lowest BCUT2D eigenvalue weighted by Crippen LogP contribution is -2.49. The second-order valence-corrected chi connectivity index (χ2v) is 8.32. The molecule has 0 radical (unpaired) electrons. The van der Waals surface area contributed by atoms with Crippen LogP contribution < -0.4 is 5.32 Å². The SMILES string of the molecule is Cc1cccc(CN2CCN(C(=O)COC(=O)c3ccccc3NC(=O)Cn3cnnn3)CC2)c1. The van der Waals surface area contributed by atoms with Gasteiger partial charge in [-0.1, -0.05) is 42.0 Å². The lowest BCUT2D eigenvalue weighted by atomic mass is 10.1. The molecule has 1 aliphatic rings. The Bertz CT molecular complexity index is 1170. The fourth-order valence-corrected chi connectivity index (χ4v) is 3.88. The largest absolute Gasteiger partial charge is 0.452 e. The van der Waals surface area contributed by atoms with Gasteiger partial charge in [0.05, 0.1) is 11.3 Å². The molecule has 0 unspecified atom stereocenters. The van der Waals surface area contributed by atoms with Crippen LogP contribution in [0.15, 0.2) is 54.9 Å². The van der Waals surface area contributed by atoms with Crippen molar-refractivity contribution >= 4 is 23.5 Å². The van der Waals surface area contributed by atoms with Gasteiger partial charge in [0.2, 0.25) is 5.91 Å². The van der Waals surface area contributed by atoms with Gasteiger partial charge in [-0.05, 0) is 35.0 Å². The number of piperazine rings is 1. The molecular formula is C24H27N7O4. The quantitative estimate of drug-likeness (QED) is 0.479. The minimum absolute atomic E-state index is 0.106. The van der Waals surface area contributed by atoms with Crippen molar-refractivity contribution < 1.29 is 19.1 Å². The van der Waals surface area contributed by atoms with Crippen molar-refractivity contribution in [2.75, 3.05) is 38.1 Å². The summed E-state index contributed by atoms with van der Waals surface area (Å²) in [5, 5.41) is 13.2. The Morgan fingerprint density at radius 3 is 2.57 bits per heavy atom. The molecule has 1 N–H and O–H groups in total. The molecule has 4 rings (SSSR count). The fourth-order valence-electron chi connectivity index (χ4n) is 3.88. The summed E-state index contributed by atoms with van der Waals surface area (Å²) in [6.45, 7) is 5.11. The number of carbonyl (C=O) groups is 3. The lowest BCUT2D eigenvalue weighted by Gasteiger charge is -2.34. The number of hydrogen-bond acceptors (Lipinski definition) is 8. The number of aromatic nitrogens is 4. The average Bonchev–Trinajstić information content (AvgIpc) is 3.36. The Hall–Kier alpha value is -4.12. The monoisotopic (exact) mass is 477 g/mol. The highest BCUT2D eigenvalue weighted by molar-refractivity contribution is 6.01. The molecule has 0 saturated carbocycles. The molecule has 1 aromatic heterocycles. The van der Waals surface area contributed by atoms with Crippen LogP contribution in [0.3, 0.4) is 0 Å². The number of nitrogens with zero attached hydrogens (tertiary/aromatic N) is 6. The number of tetrazole rings is 1. The summed E-state index contributed by atoms with van der Waals surface area (Å²) in [5.74, 6) is -1.33. The number of nitrogens with one attached hydrogen (secondary N) is 1. The van der Waals surface area contributed by atoms with Gasteiger partial charge >= 0.3 is 5.97 Å². The summed E-state index contributed by atoms with van der Waals surface area (Å²) in [7, 11) is 0. The molecule has 1 saturated heterocycles. The van der Waals surface area contributed by atoms with E-state index in [1.54, 1.807) is 23.1 Å². The first-order valence-corrected chi connectivity index (χ1v) is 11.3. The Morgan fingerprint density at radius 1 is 1.03 bits per heavy atom. The van der Waals surface area contributed by atoms with Crippen molar-refractivity contribution in [2.45, 2.75) is 20.0 Å². The van der Waals surface area contributed by atoms with Gasteiger partial charge < -0.3 is 15.0 Å². The van der Waals surface area contributed by atoms with Crippen LogP contribution in [0.2, 0.25) is 0 Å². The third kappa shape index (κ3) is 6.70. The third-order valence-corrected chi connectivity index (χ3v) is 5.66. The number of ether oxygens (including phenoxy) is 1. The van der Waals surface area contributed by atoms with Gasteiger partial charge in [-0.25, -0.2) is 9.48 Å². The Balaban J connectivity index is 1.25. The Morgan fingerprint density at radius 2 is 1.83 bits per heavy atom. The van der Waals surface area contributed by atoms with Crippen molar-refractivity contribution in [3.63, 3.8) is 0 Å². The number of carbonyl (C=O) groups excluding carboxylic acids is 3. The number of esters is 1. The zero-order valence-electron chi connectivity index (χ0n) is 19.5. The van der Waals surface area contributed by atoms with E-state index in [0.29, 0.717) is 13.1 Å². The first-order valence-electron chi connectivity index (χ1n) is 11.3. The van der Waals surface area contributed by atoms with Crippen molar-refractivity contribution in [2.24, 2.45) is 0 Å². The van der Waals surface area contributed by atoms with E-state index in [2.05, 4.69) is 56.9 Å². The number of anilines is 1. The standard InChI is InChI=1S/C24H27N7O4/c1-18-5-4-6-19(13-18)14-29-9-11-30(12-10-29)23(33)16-35-24(34)20-7-2-3-8-21(20)26-22(32)15-31-17-25-27-28-31/h2-8,13,17H,9-12,14-16H2,1H3,(H,26,32). The number of para-hydroxylation sites is 1. The van der Waals surface area contributed by atoms with Crippen LogP contribution in [0.4, 0.5) is 5.69 Å². The van der Waals surface area contributed by atoms with E-state index in [9.17, 15) is 14.4 Å². The summed E-state index contributed by atoms with van der Waals surface area (Å²) in [6.07, 6.45) is 1.31. The minimum Gasteiger partial charge on any atom is -0.452 e. The molecule has 0 atom stereocenters. The summed E-state index contributed by atoms with van der Waals surface area (Å²) in [5.41, 5.74) is 2.93. The highest BCUT2D eigenvalue weighted by atomic mass is 16.5. The molecule has 0 spiro atoms. The van der Waals surface area contributed by atoms with Crippen LogP contribution in [-0.4, -0.2) is 80.6 Å². The van der Waals surface area contributed by atoms with E-state index in [-0.39, 0.29) is 30.3 Å². The maximum absolute atomic E-state index is 12.6. The zero-order valence-corrected chi connectivity index (χ0v) is 19.5. The van der Waals surface area contributed by atoms with E-state index in [0.717, 1.165) is 19.6 Å². The van der Waals surface area contributed by atoms with Crippen molar-refractivity contribution in [3.8, 4) is 0 Å². The van der Waals surface area contributed by atoms with Crippen LogP contribution in [0.25, 0.3) is 0 Å². The summed E-state index contributed by atoms with van der Waals surface area (Å²) >= 11 is 0. The van der Waals surface area contributed by atoms with E-state index in [1.807, 2.05) is 0 Å². The lowest BCUT2D eigenvalue weighted by molar-refractivity contribution is -0.136. The van der Waals surface area contributed by atoms with Crippen molar-refractivity contribution in [3.05, 3.63) is 71.5 Å². The van der Waals surface area contributed by atoms with E-state index in [4.69, 9.17) is 4.74 Å². The summed E-state index contributed by atoms with van der Waals surface area (Å²) < 4.78 is 6.53. The predicted octanol–water partition coefficient (Wildman–Crippen LogP) is 1.12. The van der Waals surface area contributed by atoms with Crippen LogP contribution in [0, 0.1) is 6.92 Å². The molecule has 3 aromatic rings. The molecule has 0 aliphatic carbocycles. The third-order valence-electron chi connectivity index (χ3n) is 5.66. The minimum atomic E-state index is -0.685. The number of rotatable bonds is 8. The van der Waals surface area contributed by atoms with Crippen molar-refractivity contribution in [1.29, 1.82) is 0 Å². The maximum atomic E-state index is 12.6. The fraction of sp³-hybridized carbons (Fsp3) is 0.333. The van der Waals surface area contributed by atoms with E-state index >= 15 is 0 Å². The van der Waals surface area contributed by atoms with Crippen LogP contribution in [0.5, 0.6) is 0 Å². The molecule has 35 heavy (non-hydrogen) atoms. The maximum Gasteiger partial charge on any atom is 0.340 e. The average molecular weight is 478 g/mol. The van der Waals surface area contributed by atoms with E-state index in [1.165, 1.54) is 28.2 Å². The molecule has 182 valence electrons. The highest BCUT2D eigenvalue weighted by Gasteiger charge is 2.23. The normalized spacial score (nSPS) is 13.9. The van der Waals surface area contributed by atoms with Gasteiger partial charge in [-0.15, -0.1) is 5.10 Å². The molecule has 11 heteroatoms. The first-order chi connectivity index (χ1) is 17.0. The molecule has 2 aromatic carbocycles. The number of benzene rings is 2. The molecule has 2 amide bonds. The second kappa shape index (κ2) is 11.3. The van der Waals surface area contributed by atoms with Gasteiger partial charge in [0.1, 0.15) is 12.9 Å². The summed E-state index contributed by atoms with van der Waals surface area (Å²) in [4.78, 5) is 41.5. The predicted molar refractivity (Wildman–Crippen MR) is 126 cm³/mol. The van der Waals surface area contributed by atoms with Gasteiger partial charge in [0.15, 0.2) is 6.61 Å². The van der Waals surface area contributed by atoms with Gasteiger partial charge in [-0.2, -0.15) is 0 Å².